The van der Waals surface area contributed by atoms with Crippen LogP contribution in [0.25, 0.3) is 0 Å². The van der Waals surface area contributed by atoms with E-state index in [0.29, 0.717) is 22.2 Å². The molecule has 86 valence electrons. The molecule has 2 rings (SSSR count). The van der Waals surface area contributed by atoms with Gasteiger partial charge in [0.15, 0.2) is 0 Å². The van der Waals surface area contributed by atoms with Crippen LogP contribution in [0, 0.1) is 0 Å². The van der Waals surface area contributed by atoms with Gasteiger partial charge < -0.3 is 0 Å². The third-order valence-electron chi connectivity index (χ3n) is 2.65. The predicted molar refractivity (Wildman–Crippen MR) is 70.7 cm³/mol. The van der Waals surface area contributed by atoms with Crippen molar-refractivity contribution in [1.82, 2.24) is 0 Å². The Morgan fingerprint density at radius 3 is 2.81 bits per heavy atom. The van der Waals surface area contributed by atoms with E-state index in [-0.39, 0.29) is 5.25 Å². The molecule has 1 heterocycles. The molecule has 1 fully saturated rings. The first-order chi connectivity index (χ1) is 7.66. The number of carbonyl (C=O) groups is 1. The molecular weight excluding hydrogens is 263 g/mol. The minimum Gasteiger partial charge on any atom is -0.298 e. The summed E-state index contributed by atoms with van der Waals surface area (Å²) in [6, 6.07) is 5.39. The highest BCUT2D eigenvalue weighted by Gasteiger charge is 2.23. The van der Waals surface area contributed by atoms with Gasteiger partial charge in [-0.15, -0.1) is 0 Å². The Kier molecular flexibility index (Phi) is 4.17. The number of benzene rings is 1. The van der Waals surface area contributed by atoms with Crippen molar-refractivity contribution in [3.05, 3.63) is 33.8 Å². The number of ketones is 1. The molecular formula is C12H12Cl2OS. The van der Waals surface area contributed by atoms with Gasteiger partial charge in [0.2, 0.25) is 0 Å². The third kappa shape index (κ3) is 2.93. The van der Waals surface area contributed by atoms with E-state index >= 15 is 0 Å². The molecule has 0 aliphatic carbocycles. The lowest BCUT2D eigenvalue weighted by Crippen LogP contribution is -2.16. The van der Waals surface area contributed by atoms with Gasteiger partial charge in [0.25, 0.3) is 0 Å². The zero-order chi connectivity index (χ0) is 11.5. The Balaban J connectivity index is 2.02. The second kappa shape index (κ2) is 5.44. The van der Waals surface area contributed by atoms with Crippen molar-refractivity contribution in [2.45, 2.75) is 24.5 Å². The summed E-state index contributed by atoms with van der Waals surface area (Å²) in [7, 11) is 0. The minimum atomic E-state index is 0.189. The van der Waals surface area contributed by atoms with Gasteiger partial charge in [0, 0.05) is 6.42 Å². The first kappa shape index (κ1) is 12.3. The molecule has 1 atom stereocenters. The average molecular weight is 275 g/mol. The van der Waals surface area contributed by atoms with E-state index < -0.39 is 0 Å². The molecule has 1 nitrogen and oxygen atoms in total. The largest absolute Gasteiger partial charge is 0.298 e. The van der Waals surface area contributed by atoms with E-state index in [2.05, 4.69) is 0 Å². The van der Waals surface area contributed by atoms with Crippen molar-refractivity contribution >= 4 is 40.7 Å². The van der Waals surface area contributed by atoms with Crippen molar-refractivity contribution in [3.8, 4) is 0 Å². The van der Waals surface area contributed by atoms with Gasteiger partial charge in [-0.25, -0.2) is 0 Å². The SMILES string of the molecule is O=C(Cc1ccc(Cl)c(Cl)c1)C1CCCS1. The quantitative estimate of drug-likeness (QED) is 0.829. The zero-order valence-corrected chi connectivity index (χ0v) is 11.0. The highest BCUT2D eigenvalue weighted by atomic mass is 35.5. The van der Waals surface area contributed by atoms with Crippen molar-refractivity contribution in [2.24, 2.45) is 0 Å². The summed E-state index contributed by atoms with van der Waals surface area (Å²) in [5.74, 6) is 1.42. The van der Waals surface area contributed by atoms with Crippen LogP contribution in [-0.2, 0) is 11.2 Å². The zero-order valence-electron chi connectivity index (χ0n) is 8.71. The van der Waals surface area contributed by atoms with E-state index in [1.807, 2.05) is 6.07 Å². The second-order valence-electron chi connectivity index (χ2n) is 3.89. The Morgan fingerprint density at radius 2 is 2.19 bits per heavy atom. The highest BCUT2D eigenvalue weighted by molar-refractivity contribution is 8.00. The van der Waals surface area contributed by atoms with Gasteiger partial charge in [-0.05, 0) is 36.3 Å². The standard InChI is InChI=1S/C12H12Cl2OS/c13-9-4-3-8(6-10(9)14)7-11(15)12-2-1-5-16-12/h3-4,6,12H,1-2,5,7H2. The average Bonchev–Trinajstić information content (AvgIpc) is 2.77. The number of carbonyl (C=O) groups excluding carboxylic acids is 1. The molecule has 16 heavy (non-hydrogen) atoms. The number of halogens is 2. The minimum absolute atomic E-state index is 0.189. The Morgan fingerprint density at radius 1 is 1.38 bits per heavy atom. The first-order valence-corrected chi connectivity index (χ1v) is 7.05. The summed E-state index contributed by atoms with van der Waals surface area (Å²) < 4.78 is 0. The highest BCUT2D eigenvalue weighted by Crippen LogP contribution is 2.28. The van der Waals surface area contributed by atoms with Crippen LogP contribution in [0.1, 0.15) is 18.4 Å². The number of Topliss-reactive ketones (excluding diaryl/α,β-unsaturated/α-hetero) is 1. The number of hydrogen-bond acceptors (Lipinski definition) is 2. The van der Waals surface area contributed by atoms with E-state index in [4.69, 9.17) is 23.2 Å². The molecule has 1 aromatic rings. The molecule has 0 saturated carbocycles. The lowest BCUT2D eigenvalue weighted by Gasteiger charge is -2.07. The van der Waals surface area contributed by atoms with E-state index in [1.54, 1.807) is 23.9 Å². The molecule has 1 unspecified atom stereocenters. The summed E-state index contributed by atoms with van der Waals surface area (Å²) in [5.41, 5.74) is 0.951. The van der Waals surface area contributed by atoms with E-state index in [9.17, 15) is 4.79 Å². The Hall–Kier alpha value is -0.180. The molecule has 1 aliphatic rings. The normalized spacial score (nSPS) is 20.0. The summed E-state index contributed by atoms with van der Waals surface area (Å²) in [6.07, 6.45) is 2.64. The van der Waals surface area contributed by atoms with Crippen molar-refractivity contribution in [2.75, 3.05) is 5.75 Å². The molecule has 0 radical (unpaired) electrons. The van der Waals surface area contributed by atoms with Gasteiger partial charge in [0.1, 0.15) is 5.78 Å². The number of hydrogen-bond donors (Lipinski definition) is 0. The predicted octanol–water partition coefficient (Wildman–Crippen LogP) is 4.00. The van der Waals surface area contributed by atoms with E-state index in [1.165, 1.54) is 0 Å². The maximum Gasteiger partial charge on any atom is 0.150 e. The third-order valence-corrected chi connectivity index (χ3v) is 4.82. The molecule has 1 aromatic carbocycles. The molecule has 4 heteroatoms. The van der Waals surface area contributed by atoms with Gasteiger partial charge in [-0.2, -0.15) is 11.8 Å². The van der Waals surface area contributed by atoms with Crippen LogP contribution in [0.4, 0.5) is 0 Å². The van der Waals surface area contributed by atoms with Crippen LogP contribution in [0.2, 0.25) is 10.0 Å². The fourth-order valence-corrected chi connectivity index (χ4v) is 3.34. The van der Waals surface area contributed by atoms with Crippen molar-refractivity contribution in [1.29, 1.82) is 0 Å². The Bertz CT molecular complexity index is 400. The van der Waals surface area contributed by atoms with Crippen LogP contribution in [-0.4, -0.2) is 16.8 Å². The van der Waals surface area contributed by atoms with Gasteiger partial charge in [0.05, 0.1) is 15.3 Å². The van der Waals surface area contributed by atoms with Gasteiger partial charge >= 0.3 is 0 Å². The first-order valence-electron chi connectivity index (χ1n) is 5.25. The topological polar surface area (TPSA) is 17.1 Å². The molecule has 1 saturated heterocycles. The summed E-state index contributed by atoms with van der Waals surface area (Å²) in [6.45, 7) is 0. The van der Waals surface area contributed by atoms with Crippen LogP contribution < -0.4 is 0 Å². The molecule has 0 bridgehead atoms. The van der Waals surface area contributed by atoms with Crippen molar-refractivity contribution in [3.63, 3.8) is 0 Å². The molecule has 1 aliphatic heterocycles. The molecule has 0 spiro atoms. The maximum atomic E-state index is 11.9. The maximum absolute atomic E-state index is 11.9. The van der Waals surface area contributed by atoms with Crippen LogP contribution >= 0.6 is 35.0 Å². The number of rotatable bonds is 3. The lowest BCUT2D eigenvalue weighted by molar-refractivity contribution is -0.117. The van der Waals surface area contributed by atoms with Crippen molar-refractivity contribution < 1.29 is 4.79 Å². The lowest BCUT2D eigenvalue weighted by atomic mass is 10.1. The number of thioether (sulfide) groups is 1. The molecule has 0 N–H and O–H groups in total. The fraction of sp³-hybridized carbons (Fsp3) is 0.417. The molecule has 0 aromatic heterocycles. The Labute approximate surface area is 110 Å². The van der Waals surface area contributed by atoms with Crippen LogP contribution in [0.3, 0.4) is 0 Å². The smallest absolute Gasteiger partial charge is 0.150 e. The second-order valence-corrected chi connectivity index (χ2v) is 6.02. The van der Waals surface area contributed by atoms with E-state index in [0.717, 1.165) is 24.2 Å². The van der Waals surface area contributed by atoms with Crippen LogP contribution in [0.15, 0.2) is 18.2 Å². The fourth-order valence-electron chi connectivity index (χ4n) is 1.80. The van der Waals surface area contributed by atoms with Gasteiger partial charge in [-0.1, -0.05) is 29.3 Å². The monoisotopic (exact) mass is 274 g/mol. The summed E-state index contributed by atoms with van der Waals surface area (Å²) in [4.78, 5) is 11.9. The van der Waals surface area contributed by atoms with Gasteiger partial charge in [-0.3, -0.25) is 4.79 Å². The summed E-state index contributed by atoms with van der Waals surface area (Å²) >= 11 is 13.5. The van der Waals surface area contributed by atoms with Crippen LogP contribution in [0.5, 0.6) is 0 Å². The molecule has 0 amide bonds. The summed E-state index contributed by atoms with van der Waals surface area (Å²) in [5, 5.41) is 1.24.